The summed E-state index contributed by atoms with van der Waals surface area (Å²) in [4.78, 5) is 4.39. The summed E-state index contributed by atoms with van der Waals surface area (Å²) in [5, 5.41) is 6.42. The molecule has 19 heavy (non-hydrogen) atoms. The highest BCUT2D eigenvalue weighted by Crippen LogP contribution is 2.23. The topological polar surface area (TPSA) is 34.1 Å². The van der Waals surface area contributed by atoms with Gasteiger partial charge in [0.1, 0.15) is 12.4 Å². The number of aryl methyl sites for hydroxylation is 1. The molecule has 1 aromatic carbocycles. The fraction of sp³-hybridized carbons (Fsp3) is 0.357. The number of hydrogen-bond donors (Lipinski definition) is 1. The van der Waals surface area contributed by atoms with Crippen molar-refractivity contribution >= 4 is 27.3 Å². The minimum absolute atomic E-state index is 0.520. The molecule has 0 aliphatic rings. The Labute approximate surface area is 126 Å². The molecule has 5 heteroatoms. The number of rotatable bonds is 6. The smallest absolute Gasteiger partial charge is 0.131 e. The van der Waals surface area contributed by atoms with Gasteiger partial charge in [0, 0.05) is 16.4 Å². The zero-order valence-corrected chi connectivity index (χ0v) is 13.5. The van der Waals surface area contributed by atoms with Crippen LogP contribution < -0.4 is 10.1 Å². The lowest BCUT2D eigenvalue weighted by molar-refractivity contribution is 0.301. The molecule has 0 bridgehead atoms. The fourth-order valence-electron chi connectivity index (χ4n) is 1.67. The molecule has 1 N–H and O–H groups in total. The molecule has 0 aliphatic heterocycles. The number of ether oxygens (including phenoxy) is 1. The fourth-order valence-corrected chi connectivity index (χ4v) is 2.65. The summed E-state index contributed by atoms with van der Waals surface area (Å²) < 4.78 is 6.88. The molecule has 1 aromatic heterocycles. The van der Waals surface area contributed by atoms with Crippen molar-refractivity contribution in [3.63, 3.8) is 0 Å². The number of thiazole rings is 1. The lowest BCUT2D eigenvalue weighted by Gasteiger charge is -2.09. The highest BCUT2D eigenvalue weighted by atomic mass is 79.9. The largest absolute Gasteiger partial charge is 0.487 e. The van der Waals surface area contributed by atoms with Gasteiger partial charge in [0.2, 0.25) is 0 Å². The van der Waals surface area contributed by atoms with Crippen LogP contribution in [0.3, 0.4) is 0 Å². The predicted octanol–water partition coefficient (Wildman–Crippen LogP) is 3.90. The van der Waals surface area contributed by atoms with Crippen molar-refractivity contribution in [2.75, 3.05) is 6.54 Å². The van der Waals surface area contributed by atoms with Gasteiger partial charge in [0.15, 0.2) is 0 Å². The van der Waals surface area contributed by atoms with E-state index in [4.69, 9.17) is 4.74 Å². The number of nitrogens with one attached hydrogen (secondary N) is 1. The van der Waals surface area contributed by atoms with Crippen LogP contribution in [0.1, 0.15) is 23.2 Å². The Morgan fingerprint density at radius 3 is 2.95 bits per heavy atom. The highest BCUT2D eigenvalue weighted by Gasteiger charge is 2.04. The van der Waals surface area contributed by atoms with Crippen molar-refractivity contribution in [1.29, 1.82) is 0 Å². The molecular formula is C14H17BrN2OS. The monoisotopic (exact) mass is 340 g/mol. The van der Waals surface area contributed by atoms with Crippen LogP contribution in [0.15, 0.2) is 28.1 Å². The van der Waals surface area contributed by atoms with Crippen LogP contribution in [0.25, 0.3) is 0 Å². The van der Waals surface area contributed by atoms with Crippen LogP contribution in [0.5, 0.6) is 5.75 Å². The van der Waals surface area contributed by atoms with Crippen molar-refractivity contribution in [2.24, 2.45) is 0 Å². The second-order valence-corrected chi connectivity index (χ2v) is 6.10. The highest BCUT2D eigenvalue weighted by molar-refractivity contribution is 9.10. The Morgan fingerprint density at radius 1 is 1.42 bits per heavy atom. The van der Waals surface area contributed by atoms with Crippen LogP contribution >= 0.6 is 27.3 Å². The van der Waals surface area contributed by atoms with E-state index in [9.17, 15) is 0 Å². The number of aromatic nitrogens is 1. The maximum atomic E-state index is 5.78. The molecule has 0 saturated carbocycles. The summed E-state index contributed by atoms with van der Waals surface area (Å²) in [6.45, 7) is 6.41. The first-order valence-corrected chi connectivity index (χ1v) is 7.89. The van der Waals surface area contributed by atoms with E-state index in [2.05, 4.69) is 39.2 Å². The maximum absolute atomic E-state index is 5.78. The van der Waals surface area contributed by atoms with Gasteiger partial charge >= 0.3 is 0 Å². The predicted molar refractivity (Wildman–Crippen MR) is 82.7 cm³/mol. The number of hydrogen-bond acceptors (Lipinski definition) is 4. The summed E-state index contributed by atoms with van der Waals surface area (Å²) in [6, 6.07) is 6.05. The van der Waals surface area contributed by atoms with Crippen LogP contribution in [0.4, 0.5) is 0 Å². The summed E-state index contributed by atoms with van der Waals surface area (Å²) in [6.07, 6.45) is 0. The van der Waals surface area contributed by atoms with E-state index >= 15 is 0 Å². The van der Waals surface area contributed by atoms with Gasteiger partial charge in [-0.15, -0.1) is 11.3 Å². The van der Waals surface area contributed by atoms with Gasteiger partial charge < -0.3 is 10.1 Å². The van der Waals surface area contributed by atoms with Gasteiger partial charge in [0.25, 0.3) is 0 Å². The van der Waals surface area contributed by atoms with E-state index in [1.165, 1.54) is 5.56 Å². The first-order valence-electron chi connectivity index (χ1n) is 6.22. The lowest BCUT2D eigenvalue weighted by atomic mass is 10.2. The van der Waals surface area contributed by atoms with Crippen LogP contribution in [0, 0.1) is 6.92 Å². The molecule has 2 aromatic rings. The number of halogens is 1. The summed E-state index contributed by atoms with van der Waals surface area (Å²) >= 11 is 5.20. The number of benzene rings is 1. The molecule has 0 spiro atoms. The minimum atomic E-state index is 0.520. The molecule has 0 aliphatic carbocycles. The zero-order valence-electron chi connectivity index (χ0n) is 11.1. The molecule has 0 radical (unpaired) electrons. The van der Waals surface area contributed by atoms with E-state index in [0.29, 0.717) is 6.61 Å². The van der Waals surface area contributed by atoms with Crippen LogP contribution in [0.2, 0.25) is 0 Å². The summed E-state index contributed by atoms with van der Waals surface area (Å²) in [5.41, 5.74) is 2.19. The average molecular weight is 341 g/mol. The molecule has 0 unspecified atom stereocenters. The molecule has 0 atom stereocenters. The first-order chi connectivity index (χ1) is 9.19. The van der Waals surface area contributed by atoms with E-state index in [-0.39, 0.29) is 0 Å². The molecule has 0 saturated heterocycles. The van der Waals surface area contributed by atoms with Crippen molar-refractivity contribution in [3.05, 3.63) is 44.3 Å². The van der Waals surface area contributed by atoms with Gasteiger partial charge in [-0.3, -0.25) is 0 Å². The van der Waals surface area contributed by atoms with Crippen molar-refractivity contribution in [2.45, 2.75) is 27.0 Å². The molecular weight excluding hydrogens is 324 g/mol. The summed E-state index contributed by atoms with van der Waals surface area (Å²) in [7, 11) is 0. The molecule has 3 nitrogen and oxygen atoms in total. The third kappa shape index (κ3) is 4.30. The molecule has 1 heterocycles. The first kappa shape index (κ1) is 14.5. The van der Waals surface area contributed by atoms with E-state index in [0.717, 1.165) is 34.0 Å². The zero-order chi connectivity index (χ0) is 13.7. The normalized spacial score (nSPS) is 10.7. The second kappa shape index (κ2) is 7.03. The van der Waals surface area contributed by atoms with Crippen LogP contribution in [-0.2, 0) is 13.2 Å². The van der Waals surface area contributed by atoms with E-state index in [1.54, 1.807) is 11.3 Å². The Kier molecular flexibility index (Phi) is 5.36. The SMILES string of the molecule is CCNCc1cc(OCc2csc(C)n2)ccc1Br. The minimum Gasteiger partial charge on any atom is -0.487 e. The molecule has 0 amide bonds. The van der Waals surface area contributed by atoms with Crippen molar-refractivity contribution in [3.8, 4) is 5.75 Å². The quantitative estimate of drug-likeness (QED) is 0.865. The van der Waals surface area contributed by atoms with Gasteiger partial charge in [-0.05, 0) is 37.2 Å². The standard InChI is InChI=1S/C14H17BrN2OS/c1-3-16-7-11-6-13(4-5-14(11)15)18-8-12-9-19-10(2)17-12/h4-6,9,16H,3,7-8H2,1-2H3. The third-order valence-corrected chi connectivity index (χ3v) is 4.23. The van der Waals surface area contributed by atoms with Gasteiger partial charge in [0.05, 0.1) is 10.7 Å². The molecule has 102 valence electrons. The molecule has 0 fully saturated rings. The van der Waals surface area contributed by atoms with Crippen LogP contribution in [-0.4, -0.2) is 11.5 Å². The lowest BCUT2D eigenvalue weighted by Crippen LogP contribution is -2.12. The van der Waals surface area contributed by atoms with Gasteiger partial charge in [-0.2, -0.15) is 0 Å². The Morgan fingerprint density at radius 2 is 2.26 bits per heavy atom. The summed E-state index contributed by atoms with van der Waals surface area (Å²) in [5.74, 6) is 0.877. The Balaban J connectivity index is 2.00. The third-order valence-electron chi connectivity index (χ3n) is 2.64. The van der Waals surface area contributed by atoms with Gasteiger partial charge in [-0.1, -0.05) is 22.9 Å². The van der Waals surface area contributed by atoms with Crippen molar-refractivity contribution in [1.82, 2.24) is 10.3 Å². The average Bonchev–Trinajstić information content (AvgIpc) is 2.82. The van der Waals surface area contributed by atoms with Gasteiger partial charge in [-0.25, -0.2) is 4.98 Å². The van der Waals surface area contributed by atoms with E-state index < -0.39 is 0 Å². The maximum Gasteiger partial charge on any atom is 0.131 e. The second-order valence-electron chi connectivity index (χ2n) is 4.18. The van der Waals surface area contributed by atoms with E-state index in [1.807, 2.05) is 24.4 Å². The number of nitrogens with zero attached hydrogens (tertiary/aromatic N) is 1. The van der Waals surface area contributed by atoms with Crippen molar-refractivity contribution < 1.29 is 4.74 Å². The molecule has 2 rings (SSSR count). The Hall–Kier alpha value is -0.910. The Bertz CT molecular complexity index is 542.